The number of benzene rings is 2. The fraction of sp³-hybridized carbons (Fsp3) is 0.318. The van der Waals surface area contributed by atoms with E-state index in [1.165, 1.54) is 6.92 Å². The van der Waals surface area contributed by atoms with Crippen LogP contribution in [0.15, 0.2) is 54.6 Å². The van der Waals surface area contributed by atoms with Crippen molar-refractivity contribution in [3.8, 4) is 5.75 Å². The number of rotatable bonds is 10. The molecule has 0 spiro atoms. The molecule has 0 fully saturated rings. The van der Waals surface area contributed by atoms with Crippen LogP contribution in [0.25, 0.3) is 0 Å². The van der Waals surface area contributed by atoms with Crippen molar-refractivity contribution >= 4 is 17.7 Å². The number of ketones is 1. The Kier molecular flexibility index (Phi) is 8.21. The molecule has 0 unspecified atom stereocenters. The van der Waals surface area contributed by atoms with Gasteiger partial charge in [0.2, 0.25) is 0 Å². The predicted molar refractivity (Wildman–Crippen MR) is 105 cm³/mol. The number of amides is 1. The summed E-state index contributed by atoms with van der Waals surface area (Å²) in [6.45, 7) is 3.57. The average molecular weight is 383 g/mol. The van der Waals surface area contributed by atoms with Crippen molar-refractivity contribution in [3.05, 3.63) is 65.7 Å². The summed E-state index contributed by atoms with van der Waals surface area (Å²) in [7, 11) is 0. The number of hydrogen-bond acceptors (Lipinski definition) is 5. The second kappa shape index (κ2) is 10.9. The fourth-order valence-corrected chi connectivity index (χ4v) is 2.50. The third-order valence-corrected chi connectivity index (χ3v) is 4.01. The number of nitrogens with one attached hydrogen (secondary N) is 1. The molecule has 0 saturated carbocycles. The highest BCUT2D eigenvalue weighted by molar-refractivity contribution is 5.92. The largest absolute Gasteiger partial charge is 0.494 e. The maximum Gasteiger partial charge on any atom is 0.338 e. The first kappa shape index (κ1) is 21.2. The topological polar surface area (TPSA) is 81.7 Å². The third-order valence-electron chi connectivity index (χ3n) is 4.01. The highest BCUT2D eigenvalue weighted by Gasteiger charge is 2.19. The van der Waals surface area contributed by atoms with Gasteiger partial charge in [0.05, 0.1) is 18.2 Å². The molecule has 1 amide bonds. The van der Waals surface area contributed by atoms with E-state index in [1.54, 1.807) is 24.3 Å². The van der Waals surface area contributed by atoms with Crippen molar-refractivity contribution in [2.45, 2.75) is 32.7 Å². The normalized spacial score (nSPS) is 11.4. The van der Waals surface area contributed by atoms with Crippen molar-refractivity contribution in [3.63, 3.8) is 0 Å². The first-order chi connectivity index (χ1) is 13.5. The van der Waals surface area contributed by atoms with E-state index < -0.39 is 24.5 Å². The minimum Gasteiger partial charge on any atom is -0.494 e. The van der Waals surface area contributed by atoms with E-state index in [0.717, 1.165) is 12.0 Å². The molecule has 2 aromatic carbocycles. The first-order valence-corrected chi connectivity index (χ1v) is 9.23. The van der Waals surface area contributed by atoms with Crippen molar-refractivity contribution in [2.75, 3.05) is 13.2 Å². The van der Waals surface area contributed by atoms with Crippen LogP contribution < -0.4 is 10.1 Å². The molecule has 0 aromatic heterocycles. The van der Waals surface area contributed by atoms with Gasteiger partial charge in [-0.2, -0.15) is 0 Å². The van der Waals surface area contributed by atoms with Gasteiger partial charge in [0.1, 0.15) is 5.75 Å². The van der Waals surface area contributed by atoms with Crippen LogP contribution in [-0.4, -0.2) is 36.9 Å². The summed E-state index contributed by atoms with van der Waals surface area (Å²) >= 11 is 0. The van der Waals surface area contributed by atoms with Crippen LogP contribution in [0.1, 0.15) is 36.2 Å². The molecule has 2 aromatic rings. The lowest BCUT2D eigenvalue weighted by Gasteiger charge is -2.16. The quantitative estimate of drug-likeness (QED) is 0.638. The summed E-state index contributed by atoms with van der Waals surface area (Å²) in [5, 5.41) is 2.62. The molecule has 0 saturated heterocycles. The van der Waals surface area contributed by atoms with E-state index >= 15 is 0 Å². The van der Waals surface area contributed by atoms with Crippen LogP contribution in [0.3, 0.4) is 0 Å². The monoisotopic (exact) mass is 383 g/mol. The van der Waals surface area contributed by atoms with E-state index in [9.17, 15) is 14.4 Å². The van der Waals surface area contributed by atoms with E-state index in [-0.39, 0.29) is 5.78 Å². The standard InChI is InChI=1S/C22H25NO5/c1-3-13-27-19-11-9-18(10-12-19)22(26)28-15-21(25)23-20(16(2)24)14-17-7-5-4-6-8-17/h4-12,20H,3,13-15H2,1-2H3,(H,23,25)/t20-/m1/s1. The Bertz CT molecular complexity index is 786. The van der Waals surface area contributed by atoms with Crippen LogP contribution in [0.2, 0.25) is 0 Å². The lowest BCUT2D eigenvalue weighted by Crippen LogP contribution is -2.43. The predicted octanol–water partition coefficient (Wildman–Crippen LogP) is 2.95. The van der Waals surface area contributed by atoms with Crippen LogP contribution in [-0.2, 0) is 20.7 Å². The van der Waals surface area contributed by atoms with E-state index in [2.05, 4.69) is 5.32 Å². The molecule has 1 N–H and O–H groups in total. The van der Waals surface area contributed by atoms with Crippen molar-refractivity contribution in [1.82, 2.24) is 5.32 Å². The Morgan fingerprint density at radius 2 is 1.68 bits per heavy atom. The average Bonchev–Trinajstić information content (AvgIpc) is 2.71. The Hall–Kier alpha value is -3.15. The van der Waals surface area contributed by atoms with Crippen molar-refractivity contribution in [1.29, 1.82) is 0 Å². The van der Waals surface area contributed by atoms with Crippen molar-refractivity contribution in [2.24, 2.45) is 0 Å². The molecule has 28 heavy (non-hydrogen) atoms. The maximum absolute atomic E-state index is 12.1. The summed E-state index contributed by atoms with van der Waals surface area (Å²) in [5.74, 6) is -0.625. The van der Waals surface area contributed by atoms with Crippen LogP contribution in [0, 0.1) is 0 Å². The Morgan fingerprint density at radius 3 is 2.29 bits per heavy atom. The number of esters is 1. The lowest BCUT2D eigenvalue weighted by molar-refractivity contribution is -0.128. The second-order valence-electron chi connectivity index (χ2n) is 6.37. The van der Waals surface area contributed by atoms with Crippen LogP contribution >= 0.6 is 0 Å². The Morgan fingerprint density at radius 1 is 1.00 bits per heavy atom. The molecule has 1 atom stereocenters. The maximum atomic E-state index is 12.1. The highest BCUT2D eigenvalue weighted by Crippen LogP contribution is 2.13. The number of Topliss-reactive ketones (excluding diaryl/α,β-unsaturated/α-hetero) is 1. The SMILES string of the molecule is CCCOc1ccc(C(=O)OCC(=O)N[C@H](Cc2ccccc2)C(C)=O)cc1. The molecule has 148 valence electrons. The molecule has 2 rings (SSSR count). The third kappa shape index (κ3) is 6.87. The number of hydrogen-bond donors (Lipinski definition) is 1. The number of carbonyl (C=O) groups excluding carboxylic acids is 3. The Balaban J connectivity index is 1.84. The van der Waals surface area contributed by atoms with Gasteiger partial charge in [-0.25, -0.2) is 4.79 Å². The summed E-state index contributed by atoms with van der Waals surface area (Å²) in [6, 6.07) is 15.2. The van der Waals surface area contributed by atoms with Gasteiger partial charge < -0.3 is 14.8 Å². The number of ether oxygens (including phenoxy) is 2. The van der Waals surface area contributed by atoms with Gasteiger partial charge in [-0.3, -0.25) is 9.59 Å². The minimum absolute atomic E-state index is 0.161. The van der Waals surface area contributed by atoms with Crippen LogP contribution in [0.4, 0.5) is 0 Å². The molecule has 6 nitrogen and oxygen atoms in total. The Labute approximate surface area is 164 Å². The zero-order valence-corrected chi connectivity index (χ0v) is 16.1. The van der Waals surface area contributed by atoms with E-state index in [1.807, 2.05) is 37.3 Å². The molecule has 0 aliphatic heterocycles. The number of carbonyl (C=O) groups is 3. The van der Waals surface area contributed by atoms with Gasteiger partial charge in [0.25, 0.3) is 5.91 Å². The first-order valence-electron chi connectivity index (χ1n) is 9.23. The van der Waals surface area contributed by atoms with Crippen LogP contribution in [0.5, 0.6) is 5.75 Å². The minimum atomic E-state index is -0.663. The van der Waals surface area contributed by atoms with Gasteiger partial charge in [-0.1, -0.05) is 37.3 Å². The zero-order chi connectivity index (χ0) is 20.4. The van der Waals surface area contributed by atoms with Gasteiger partial charge in [-0.05, 0) is 49.6 Å². The van der Waals surface area contributed by atoms with Gasteiger partial charge in [-0.15, -0.1) is 0 Å². The summed E-state index contributed by atoms with van der Waals surface area (Å²) in [6.07, 6.45) is 1.28. The van der Waals surface area contributed by atoms with Crippen molar-refractivity contribution < 1.29 is 23.9 Å². The summed E-state index contributed by atoms with van der Waals surface area (Å²) in [4.78, 5) is 36.0. The smallest absolute Gasteiger partial charge is 0.338 e. The molecular weight excluding hydrogens is 358 g/mol. The summed E-state index contributed by atoms with van der Waals surface area (Å²) in [5.41, 5.74) is 1.26. The molecule has 0 radical (unpaired) electrons. The molecule has 6 heteroatoms. The molecular formula is C22H25NO5. The molecule has 0 aliphatic carbocycles. The zero-order valence-electron chi connectivity index (χ0n) is 16.1. The molecule has 0 heterocycles. The van der Waals surface area contributed by atoms with E-state index in [4.69, 9.17) is 9.47 Å². The van der Waals surface area contributed by atoms with E-state index in [0.29, 0.717) is 24.3 Å². The van der Waals surface area contributed by atoms with Gasteiger partial charge in [0, 0.05) is 0 Å². The highest BCUT2D eigenvalue weighted by atomic mass is 16.5. The molecule has 0 bridgehead atoms. The van der Waals surface area contributed by atoms with Gasteiger partial charge in [0.15, 0.2) is 12.4 Å². The summed E-state index contributed by atoms with van der Waals surface area (Å²) < 4.78 is 10.5. The molecule has 0 aliphatic rings. The van der Waals surface area contributed by atoms with Gasteiger partial charge >= 0.3 is 5.97 Å². The lowest BCUT2D eigenvalue weighted by atomic mass is 10.0. The fourth-order valence-electron chi connectivity index (χ4n) is 2.50. The second-order valence-corrected chi connectivity index (χ2v) is 6.37.